The molecule has 198 valence electrons. The van der Waals surface area contributed by atoms with Crippen molar-refractivity contribution in [2.75, 3.05) is 30.8 Å². The van der Waals surface area contributed by atoms with Gasteiger partial charge in [-0.15, -0.1) is 0 Å². The number of aromatic nitrogens is 4. The van der Waals surface area contributed by atoms with E-state index < -0.39 is 6.17 Å². The van der Waals surface area contributed by atoms with Gasteiger partial charge in [-0.2, -0.15) is 10.1 Å². The fourth-order valence-electron chi connectivity index (χ4n) is 4.86. The predicted octanol–water partition coefficient (Wildman–Crippen LogP) is 6.08. The molecule has 2 N–H and O–H groups in total. The Kier molecular flexibility index (Phi) is 7.27. The third kappa shape index (κ3) is 5.83. The monoisotopic (exact) mass is 527 g/mol. The molecule has 3 aromatic rings. The van der Waals surface area contributed by atoms with Crippen LogP contribution in [0.5, 0.6) is 5.75 Å². The smallest absolute Gasteiger partial charge is 0.229 e. The number of halogens is 2. The van der Waals surface area contributed by atoms with Crippen molar-refractivity contribution in [3.05, 3.63) is 46.4 Å². The van der Waals surface area contributed by atoms with Crippen molar-refractivity contribution in [1.82, 2.24) is 24.6 Å². The van der Waals surface area contributed by atoms with Gasteiger partial charge in [-0.1, -0.05) is 25.4 Å². The van der Waals surface area contributed by atoms with E-state index in [0.29, 0.717) is 29.1 Å². The predicted molar refractivity (Wildman–Crippen MR) is 145 cm³/mol. The molecule has 2 unspecified atom stereocenters. The fraction of sp³-hybridized carbons (Fsp3) is 0.519. The van der Waals surface area contributed by atoms with Crippen LogP contribution in [-0.2, 0) is 7.05 Å². The van der Waals surface area contributed by atoms with Gasteiger partial charge in [0, 0.05) is 25.7 Å². The van der Waals surface area contributed by atoms with Gasteiger partial charge in [-0.3, -0.25) is 4.68 Å². The van der Waals surface area contributed by atoms with E-state index in [9.17, 15) is 0 Å². The molecule has 37 heavy (non-hydrogen) atoms. The van der Waals surface area contributed by atoms with Crippen LogP contribution in [-0.4, -0.2) is 57.1 Å². The Balaban J connectivity index is 1.43. The molecule has 2 aromatic heterocycles. The summed E-state index contributed by atoms with van der Waals surface area (Å²) >= 11 is 6.45. The minimum Gasteiger partial charge on any atom is -0.488 e. The Morgan fingerprint density at radius 1 is 1.14 bits per heavy atom. The lowest BCUT2D eigenvalue weighted by Gasteiger charge is -2.33. The molecule has 1 saturated carbocycles. The van der Waals surface area contributed by atoms with E-state index in [4.69, 9.17) is 16.3 Å². The van der Waals surface area contributed by atoms with Crippen LogP contribution >= 0.6 is 11.6 Å². The molecule has 1 aliphatic heterocycles. The quantitative estimate of drug-likeness (QED) is 0.367. The Morgan fingerprint density at radius 2 is 1.92 bits per heavy atom. The van der Waals surface area contributed by atoms with Crippen molar-refractivity contribution in [1.29, 1.82) is 0 Å². The molecular weight excluding hydrogens is 493 g/mol. The Labute approximate surface area is 222 Å². The second-order valence-electron chi connectivity index (χ2n) is 10.6. The molecule has 2 aliphatic rings. The minimum absolute atomic E-state index is 0.135. The molecule has 2 atom stereocenters. The summed E-state index contributed by atoms with van der Waals surface area (Å²) < 4.78 is 23.0. The van der Waals surface area contributed by atoms with Crippen molar-refractivity contribution in [3.63, 3.8) is 0 Å². The first-order valence-electron chi connectivity index (χ1n) is 12.9. The maximum Gasteiger partial charge on any atom is 0.229 e. The number of benzene rings is 1. The largest absolute Gasteiger partial charge is 0.488 e. The van der Waals surface area contributed by atoms with Gasteiger partial charge in [0.15, 0.2) is 5.82 Å². The van der Waals surface area contributed by atoms with E-state index in [1.165, 1.54) is 0 Å². The summed E-state index contributed by atoms with van der Waals surface area (Å²) in [6.07, 6.45) is 5.61. The number of likely N-dealkylation sites (tertiary alicyclic amines) is 1. The van der Waals surface area contributed by atoms with Gasteiger partial charge in [0.05, 0.1) is 29.4 Å². The first-order chi connectivity index (χ1) is 17.7. The van der Waals surface area contributed by atoms with E-state index >= 15 is 4.39 Å². The van der Waals surface area contributed by atoms with Crippen LogP contribution in [0.2, 0.25) is 5.02 Å². The Morgan fingerprint density at radius 3 is 2.62 bits per heavy atom. The van der Waals surface area contributed by atoms with Crippen LogP contribution in [0.25, 0.3) is 0 Å². The number of anilines is 4. The number of nitrogens with one attached hydrogen (secondary N) is 2. The fourth-order valence-corrected chi connectivity index (χ4v) is 5.00. The lowest BCUT2D eigenvalue weighted by molar-refractivity contribution is 0.139. The van der Waals surface area contributed by atoms with Crippen LogP contribution in [0.3, 0.4) is 0 Å². The van der Waals surface area contributed by atoms with Crippen LogP contribution in [0.15, 0.2) is 24.5 Å². The summed E-state index contributed by atoms with van der Waals surface area (Å²) in [6, 6.07) is 4.03. The molecule has 0 amide bonds. The van der Waals surface area contributed by atoms with E-state index in [1.54, 1.807) is 10.9 Å². The molecular formula is C27H35ClFN7O. The van der Waals surface area contributed by atoms with E-state index in [0.717, 1.165) is 54.0 Å². The maximum absolute atomic E-state index is 15.0. The normalized spacial score (nSPS) is 20.3. The highest BCUT2D eigenvalue weighted by Crippen LogP contribution is 2.40. The lowest BCUT2D eigenvalue weighted by atomic mass is 9.85. The molecule has 5 rings (SSSR count). The average molecular weight is 528 g/mol. The van der Waals surface area contributed by atoms with E-state index in [-0.39, 0.29) is 17.9 Å². The Bertz CT molecular complexity index is 1280. The van der Waals surface area contributed by atoms with Crippen LogP contribution < -0.4 is 15.4 Å². The molecule has 1 saturated heterocycles. The van der Waals surface area contributed by atoms with Crippen molar-refractivity contribution in [2.45, 2.75) is 64.1 Å². The molecule has 0 spiro atoms. The highest BCUT2D eigenvalue weighted by atomic mass is 35.5. The number of nitrogens with zero attached hydrogens (tertiary/aromatic N) is 5. The standard InChI is InChI=1S/C27H35ClFN7O/c1-15(2)25-23(14-36(5)34-25)31-26-20(28)12-30-27(33-26)32-22-10-16(3)19(11-24(22)37-17-6-7-17)18-8-9-35(4)13-21(18)29/h10-12,14-15,17-18,21H,6-9,13H2,1-5H3,(H2,30,31,32,33). The number of aryl methyl sites for hydroxylation is 2. The molecule has 1 aliphatic carbocycles. The number of rotatable bonds is 8. The zero-order valence-electron chi connectivity index (χ0n) is 22.1. The zero-order chi connectivity index (χ0) is 26.3. The van der Waals surface area contributed by atoms with Crippen molar-refractivity contribution >= 4 is 34.7 Å². The van der Waals surface area contributed by atoms with Gasteiger partial charge < -0.3 is 20.3 Å². The second-order valence-corrected chi connectivity index (χ2v) is 11.0. The SMILES string of the molecule is Cc1cc(Nc2ncc(Cl)c(Nc3cn(C)nc3C(C)C)n2)c(OC2CC2)cc1C1CCN(C)CC1F. The first-order valence-corrected chi connectivity index (χ1v) is 13.3. The zero-order valence-corrected chi connectivity index (χ0v) is 22.8. The lowest BCUT2D eigenvalue weighted by Crippen LogP contribution is -2.38. The minimum atomic E-state index is -0.901. The van der Waals surface area contributed by atoms with Crippen molar-refractivity contribution in [2.24, 2.45) is 7.05 Å². The van der Waals surface area contributed by atoms with Gasteiger partial charge >= 0.3 is 0 Å². The second kappa shape index (κ2) is 10.5. The molecule has 0 bridgehead atoms. The van der Waals surface area contributed by atoms with Gasteiger partial charge in [0.1, 0.15) is 16.9 Å². The number of hydrogen-bond acceptors (Lipinski definition) is 7. The molecule has 2 fully saturated rings. The van der Waals surface area contributed by atoms with Gasteiger partial charge in [-0.25, -0.2) is 9.37 Å². The highest BCUT2D eigenvalue weighted by molar-refractivity contribution is 6.32. The molecule has 10 heteroatoms. The molecule has 8 nitrogen and oxygen atoms in total. The molecule has 0 radical (unpaired) electrons. The molecule has 3 heterocycles. The summed E-state index contributed by atoms with van der Waals surface area (Å²) in [7, 11) is 3.85. The van der Waals surface area contributed by atoms with Crippen LogP contribution in [0.1, 0.15) is 61.8 Å². The third-order valence-corrected chi connectivity index (χ3v) is 7.25. The summed E-state index contributed by atoms with van der Waals surface area (Å²) in [4.78, 5) is 11.1. The maximum atomic E-state index is 15.0. The topological polar surface area (TPSA) is 80.1 Å². The summed E-state index contributed by atoms with van der Waals surface area (Å²) in [5.41, 5.74) is 4.57. The van der Waals surface area contributed by atoms with Crippen LogP contribution in [0, 0.1) is 6.92 Å². The van der Waals surface area contributed by atoms with Crippen molar-refractivity contribution < 1.29 is 9.13 Å². The van der Waals surface area contributed by atoms with Gasteiger partial charge in [-0.05, 0) is 69.0 Å². The van der Waals surface area contributed by atoms with Gasteiger partial charge in [0.2, 0.25) is 5.95 Å². The van der Waals surface area contributed by atoms with Gasteiger partial charge in [0.25, 0.3) is 0 Å². The summed E-state index contributed by atoms with van der Waals surface area (Å²) in [5.74, 6) is 1.68. The Hall–Kier alpha value is -2.91. The van der Waals surface area contributed by atoms with Crippen LogP contribution in [0.4, 0.5) is 27.5 Å². The number of ether oxygens (including phenoxy) is 1. The van der Waals surface area contributed by atoms with E-state index in [2.05, 4.69) is 39.5 Å². The third-order valence-electron chi connectivity index (χ3n) is 6.98. The summed E-state index contributed by atoms with van der Waals surface area (Å²) in [5, 5.41) is 11.6. The average Bonchev–Trinajstić information content (AvgIpc) is 3.57. The van der Waals surface area contributed by atoms with Crippen molar-refractivity contribution in [3.8, 4) is 5.75 Å². The number of hydrogen-bond donors (Lipinski definition) is 2. The summed E-state index contributed by atoms with van der Waals surface area (Å²) in [6.45, 7) is 7.54. The number of alkyl halides is 1. The molecule has 1 aromatic carbocycles. The first kappa shape index (κ1) is 25.7. The number of piperidine rings is 1. The van der Waals surface area contributed by atoms with E-state index in [1.807, 2.05) is 44.2 Å². The highest BCUT2D eigenvalue weighted by Gasteiger charge is 2.32.